The van der Waals surface area contributed by atoms with E-state index in [4.69, 9.17) is 0 Å². The van der Waals surface area contributed by atoms with E-state index in [0.717, 1.165) is 31.5 Å². The Hall–Kier alpha value is -2.28. The summed E-state index contributed by atoms with van der Waals surface area (Å²) >= 11 is 0. The van der Waals surface area contributed by atoms with Gasteiger partial charge in [-0.25, -0.2) is 0 Å². The van der Waals surface area contributed by atoms with Gasteiger partial charge in [0.05, 0.1) is 17.8 Å². The van der Waals surface area contributed by atoms with Crippen LogP contribution in [0.1, 0.15) is 30.1 Å². The number of aryl methyl sites for hydroxylation is 1. The van der Waals surface area contributed by atoms with Crippen molar-refractivity contribution in [2.24, 2.45) is 7.05 Å². The molecule has 1 fully saturated rings. The van der Waals surface area contributed by atoms with Crippen molar-refractivity contribution in [1.29, 1.82) is 0 Å². The molecule has 1 unspecified atom stereocenters. The number of anilines is 1. The van der Waals surface area contributed by atoms with Crippen LogP contribution >= 0.6 is 0 Å². The van der Waals surface area contributed by atoms with Gasteiger partial charge >= 0.3 is 6.18 Å². The SMILES string of the molecule is Cn1cccc1[C@H]1CCC[NH+]1CC(=O)Nc1ccc(C(F)(F)F)cc1. The fraction of sp³-hybridized carbons (Fsp3) is 0.389. The zero-order valence-corrected chi connectivity index (χ0v) is 13.9. The summed E-state index contributed by atoms with van der Waals surface area (Å²) in [7, 11) is 1.99. The summed E-state index contributed by atoms with van der Waals surface area (Å²) in [5.41, 5.74) is 0.862. The molecular formula is C18H21F3N3O+. The molecule has 0 saturated carbocycles. The van der Waals surface area contributed by atoms with Crippen LogP contribution in [-0.4, -0.2) is 23.6 Å². The molecule has 1 aliphatic rings. The van der Waals surface area contributed by atoms with Gasteiger partial charge in [0.1, 0.15) is 6.04 Å². The third kappa shape index (κ3) is 4.04. The lowest BCUT2D eigenvalue weighted by molar-refractivity contribution is -0.910. The van der Waals surface area contributed by atoms with Crippen LogP contribution in [0.5, 0.6) is 0 Å². The minimum Gasteiger partial charge on any atom is -0.350 e. The lowest BCUT2D eigenvalue weighted by Gasteiger charge is -2.21. The van der Waals surface area contributed by atoms with Gasteiger partial charge in [-0.2, -0.15) is 13.2 Å². The van der Waals surface area contributed by atoms with Gasteiger partial charge in [0, 0.05) is 31.8 Å². The van der Waals surface area contributed by atoms with E-state index < -0.39 is 11.7 Å². The number of benzene rings is 1. The van der Waals surface area contributed by atoms with Crippen molar-refractivity contribution >= 4 is 11.6 Å². The number of alkyl halides is 3. The highest BCUT2D eigenvalue weighted by Gasteiger charge is 2.33. The van der Waals surface area contributed by atoms with Crippen molar-refractivity contribution < 1.29 is 22.9 Å². The summed E-state index contributed by atoms with van der Waals surface area (Å²) in [6.45, 7) is 1.22. The lowest BCUT2D eigenvalue weighted by atomic mass is 10.1. The lowest BCUT2D eigenvalue weighted by Crippen LogP contribution is -3.11. The molecule has 2 aromatic rings. The highest BCUT2D eigenvalue weighted by Crippen LogP contribution is 2.29. The average Bonchev–Trinajstić information content (AvgIpc) is 3.15. The van der Waals surface area contributed by atoms with Crippen molar-refractivity contribution in [1.82, 2.24) is 4.57 Å². The number of hydrogen-bond acceptors (Lipinski definition) is 1. The van der Waals surface area contributed by atoms with Crippen LogP contribution in [0.4, 0.5) is 18.9 Å². The molecule has 0 bridgehead atoms. The topological polar surface area (TPSA) is 38.5 Å². The minimum absolute atomic E-state index is 0.184. The molecule has 2 N–H and O–H groups in total. The molecule has 134 valence electrons. The minimum atomic E-state index is -4.37. The number of nitrogens with one attached hydrogen (secondary N) is 2. The highest BCUT2D eigenvalue weighted by molar-refractivity contribution is 5.91. The second-order valence-corrected chi connectivity index (χ2v) is 6.45. The highest BCUT2D eigenvalue weighted by atomic mass is 19.4. The summed E-state index contributed by atoms with van der Waals surface area (Å²) in [4.78, 5) is 13.5. The van der Waals surface area contributed by atoms with E-state index in [2.05, 4.69) is 16.0 Å². The van der Waals surface area contributed by atoms with E-state index >= 15 is 0 Å². The Balaban J connectivity index is 1.61. The van der Waals surface area contributed by atoms with Gasteiger partial charge in [-0.15, -0.1) is 0 Å². The Labute approximate surface area is 144 Å². The van der Waals surface area contributed by atoms with Crippen LogP contribution in [0, 0.1) is 0 Å². The largest absolute Gasteiger partial charge is 0.416 e. The fourth-order valence-electron chi connectivity index (χ4n) is 3.47. The van der Waals surface area contributed by atoms with Crippen LogP contribution in [-0.2, 0) is 18.0 Å². The number of nitrogens with zero attached hydrogens (tertiary/aromatic N) is 1. The predicted molar refractivity (Wildman–Crippen MR) is 88.2 cm³/mol. The molecular weight excluding hydrogens is 331 g/mol. The van der Waals surface area contributed by atoms with Crippen LogP contribution < -0.4 is 10.2 Å². The monoisotopic (exact) mass is 352 g/mol. The van der Waals surface area contributed by atoms with Crippen molar-refractivity contribution in [2.75, 3.05) is 18.4 Å². The van der Waals surface area contributed by atoms with Gasteiger partial charge in [-0.05, 0) is 36.4 Å². The Morgan fingerprint density at radius 1 is 1.28 bits per heavy atom. The van der Waals surface area contributed by atoms with E-state index in [1.807, 2.05) is 19.3 Å². The average molecular weight is 352 g/mol. The van der Waals surface area contributed by atoms with Crippen LogP contribution in [0.3, 0.4) is 0 Å². The number of hydrogen-bond donors (Lipinski definition) is 2. The van der Waals surface area contributed by atoms with E-state index in [-0.39, 0.29) is 11.9 Å². The molecule has 0 radical (unpaired) electrons. The number of aromatic nitrogens is 1. The Kier molecular flexibility index (Phi) is 4.85. The molecule has 0 spiro atoms. The molecule has 1 saturated heterocycles. The quantitative estimate of drug-likeness (QED) is 0.871. The molecule has 0 aliphatic carbocycles. The number of quaternary nitrogens is 1. The maximum absolute atomic E-state index is 12.6. The van der Waals surface area contributed by atoms with E-state index in [9.17, 15) is 18.0 Å². The van der Waals surface area contributed by atoms with Gasteiger partial charge in [-0.1, -0.05) is 0 Å². The molecule has 4 nitrogen and oxygen atoms in total. The predicted octanol–water partition coefficient (Wildman–Crippen LogP) is 2.40. The number of halogens is 3. The van der Waals surface area contributed by atoms with Crippen LogP contribution in [0.15, 0.2) is 42.6 Å². The van der Waals surface area contributed by atoms with Crippen LogP contribution in [0.25, 0.3) is 0 Å². The maximum Gasteiger partial charge on any atom is 0.416 e. The third-order valence-corrected chi connectivity index (χ3v) is 4.71. The molecule has 1 amide bonds. The normalized spacial score (nSPS) is 20.6. The van der Waals surface area contributed by atoms with Crippen molar-refractivity contribution in [3.05, 3.63) is 53.9 Å². The third-order valence-electron chi connectivity index (χ3n) is 4.71. The molecule has 2 atom stereocenters. The smallest absolute Gasteiger partial charge is 0.350 e. The van der Waals surface area contributed by atoms with E-state index in [1.165, 1.54) is 22.7 Å². The molecule has 2 heterocycles. The molecule has 25 heavy (non-hydrogen) atoms. The Bertz CT molecular complexity index is 737. The molecule has 3 rings (SSSR count). The maximum atomic E-state index is 12.6. The number of likely N-dealkylation sites (tertiary alicyclic amines) is 1. The summed E-state index contributed by atoms with van der Waals surface area (Å²) in [5, 5.41) is 2.69. The summed E-state index contributed by atoms with van der Waals surface area (Å²) in [6.07, 6.45) is -0.294. The van der Waals surface area contributed by atoms with E-state index in [1.54, 1.807) is 0 Å². The number of amides is 1. The van der Waals surface area contributed by atoms with Crippen molar-refractivity contribution in [3.8, 4) is 0 Å². The summed E-state index contributed by atoms with van der Waals surface area (Å²) in [6, 6.07) is 8.87. The molecule has 1 aromatic carbocycles. The second kappa shape index (κ2) is 6.92. The van der Waals surface area contributed by atoms with Crippen molar-refractivity contribution in [2.45, 2.75) is 25.1 Å². The first-order valence-electron chi connectivity index (χ1n) is 8.27. The van der Waals surface area contributed by atoms with E-state index in [0.29, 0.717) is 12.2 Å². The van der Waals surface area contributed by atoms with Gasteiger partial charge in [0.2, 0.25) is 0 Å². The summed E-state index contributed by atoms with van der Waals surface area (Å²) < 4.78 is 39.8. The zero-order chi connectivity index (χ0) is 18.0. The standard InChI is InChI=1S/C18H20F3N3O/c1-23-10-2-4-15(23)16-5-3-11-24(16)12-17(25)22-14-8-6-13(7-9-14)18(19,20)21/h2,4,6-10,16H,3,5,11-12H2,1H3,(H,22,25)/p+1/t16-/m1/s1. The van der Waals surface area contributed by atoms with Gasteiger partial charge in [0.25, 0.3) is 5.91 Å². The first-order chi connectivity index (χ1) is 11.8. The van der Waals surface area contributed by atoms with Crippen LogP contribution in [0.2, 0.25) is 0 Å². The zero-order valence-electron chi connectivity index (χ0n) is 13.9. The molecule has 1 aromatic heterocycles. The van der Waals surface area contributed by atoms with Gasteiger partial charge in [-0.3, -0.25) is 4.79 Å². The molecule has 7 heteroatoms. The molecule has 1 aliphatic heterocycles. The number of carbonyl (C=O) groups excluding carboxylic acids is 1. The first kappa shape index (κ1) is 17.5. The second-order valence-electron chi connectivity index (χ2n) is 6.45. The van der Waals surface area contributed by atoms with Gasteiger partial charge < -0.3 is 14.8 Å². The Morgan fingerprint density at radius 3 is 2.60 bits per heavy atom. The number of carbonyl (C=O) groups is 1. The van der Waals surface area contributed by atoms with Crippen molar-refractivity contribution in [3.63, 3.8) is 0 Å². The van der Waals surface area contributed by atoms with Gasteiger partial charge in [0.15, 0.2) is 6.54 Å². The fourth-order valence-corrected chi connectivity index (χ4v) is 3.47. The summed E-state index contributed by atoms with van der Waals surface area (Å²) in [5.74, 6) is -0.184. The Morgan fingerprint density at radius 2 is 2.00 bits per heavy atom. The first-order valence-corrected chi connectivity index (χ1v) is 8.27. The number of rotatable bonds is 4.